The minimum atomic E-state index is -1.60. The zero-order chi connectivity index (χ0) is 26.5. The van der Waals surface area contributed by atoms with Gasteiger partial charge in [0.15, 0.2) is 0 Å². The summed E-state index contributed by atoms with van der Waals surface area (Å²) in [5, 5.41) is 13.8. The molecule has 9 nitrogen and oxygen atoms in total. The summed E-state index contributed by atoms with van der Waals surface area (Å²) in [5.41, 5.74) is -0.248. The Bertz CT molecular complexity index is 1280. The van der Waals surface area contributed by atoms with Gasteiger partial charge in [0.25, 0.3) is 5.56 Å². The summed E-state index contributed by atoms with van der Waals surface area (Å²) >= 11 is 0. The number of rotatable bonds is 7. The maximum Gasteiger partial charge on any atom is 0.324 e. The lowest BCUT2D eigenvalue weighted by atomic mass is 9.76. The number of nitrogens with one attached hydrogen (secondary N) is 1. The summed E-state index contributed by atoms with van der Waals surface area (Å²) in [5.74, 6) is -3.84. The first-order valence-corrected chi connectivity index (χ1v) is 13.5. The topological polar surface area (TPSA) is 114 Å². The van der Waals surface area contributed by atoms with Crippen molar-refractivity contribution in [2.24, 2.45) is 18.9 Å². The van der Waals surface area contributed by atoms with Crippen LogP contribution in [0.3, 0.4) is 0 Å². The highest BCUT2D eigenvalue weighted by atomic mass is 16.4. The van der Waals surface area contributed by atoms with E-state index >= 15 is 0 Å². The number of carbonyl (C=O) groups excluding carboxylic acids is 2. The molecule has 3 aliphatic rings. The first-order chi connectivity index (χ1) is 17.7. The second-order valence-corrected chi connectivity index (χ2v) is 10.8. The van der Waals surface area contributed by atoms with E-state index in [1.165, 1.54) is 9.58 Å². The van der Waals surface area contributed by atoms with Crippen LogP contribution in [0.25, 0.3) is 5.69 Å². The van der Waals surface area contributed by atoms with Crippen LogP contribution in [0.5, 0.6) is 0 Å². The Morgan fingerprint density at radius 2 is 1.76 bits per heavy atom. The quantitative estimate of drug-likeness (QED) is 0.556. The highest BCUT2D eigenvalue weighted by molar-refractivity contribution is 6.09. The lowest BCUT2D eigenvalue weighted by molar-refractivity contribution is -0.153. The van der Waals surface area contributed by atoms with Crippen LogP contribution in [0.15, 0.2) is 35.1 Å². The number of amides is 2. The van der Waals surface area contributed by atoms with Crippen LogP contribution in [-0.4, -0.2) is 48.7 Å². The second kappa shape index (κ2) is 9.59. The van der Waals surface area contributed by atoms with Crippen LogP contribution in [0.4, 0.5) is 0 Å². The van der Waals surface area contributed by atoms with E-state index in [2.05, 4.69) is 5.32 Å². The van der Waals surface area contributed by atoms with Gasteiger partial charge in [0.05, 0.1) is 29.1 Å². The Kier molecular flexibility index (Phi) is 6.60. The molecule has 1 aromatic heterocycles. The summed E-state index contributed by atoms with van der Waals surface area (Å²) < 4.78 is 3.27. The van der Waals surface area contributed by atoms with E-state index in [1.807, 2.05) is 37.3 Å². The number of likely N-dealkylation sites (tertiary alicyclic amines) is 1. The number of aliphatic carboxylic acids is 1. The molecule has 1 aromatic carbocycles. The smallest absolute Gasteiger partial charge is 0.324 e. The molecule has 198 valence electrons. The van der Waals surface area contributed by atoms with E-state index in [0.717, 1.165) is 38.5 Å². The Morgan fingerprint density at radius 1 is 1.08 bits per heavy atom. The fourth-order valence-corrected chi connectivity index (χ4v) is 6.91. The Hall–Kier alpha value is -3.20. The molecule has 0 radical (unpaired) electrons. The predicted octanol–water partition coefficient (Wildman–Crippen LogP) is 3.08. The van der Waals surface area contributed by atoms with Crippen molar-refractivity contribution in [3.63, 3.8) is 0 Å². The Labute approximate surface area is 216 Å². The van der Waals surface area contributed by atoms with Crippen molar-refractivity contribution in [1.82, 2.24) is 19.6 Å². The zero-order valence-electron chi connectivity index (χ0n) is 21.8. The zero-order valence-corrected chi connectivity index (χ0v) is 21.8. The van der Waals surface area contributed by atoms with Crippen LogP contribution in [0.2, 0.25) is 0 Å². The highest BCUT2D eigenvalue weighted by Gasteiger charge is 2.69. The third-order valence-electron chi connectivity index (χ3n) is 8.84. The van der Waals surface area contributed by atoms with Crippen molar-refractivity contribution < 1.29 is 19.5 Å². The Morgan fingerprint density at radius 3 is 2.38 bits per heavy atom. The summed E-state index contributed by atoms with van der Waals surface area (Å²) in [6.45, 7) is 3.77. The molecule has 5 rings (SSSR count). The average molecular weight is 509 g/mol. The normalized spacial score (nSPS) is 28.2. The number of hydrogen-bond donors (Lipinski definition) is 2. The van der Waals surface area contributed by atoms with E-state index in [9.17, 15) is 24.3 Å². The van der Waals surface area contributed by atoms with Gasteiger partial charge in [0, 0.05) is 18.8 Å². The number of unbranched alkanes of at least 4 members (excludes halogenated alkanes) is 1. The fraction of sp³-hybridized carbons (Fsp3) is 0.571. The number of carboxylic acids is 1. The van der Waals surface area contributed by atoms with Crippen molar-refractivity contribution in [3.8, 4) is 5.69 Å². The number of carboxylic acid groups (broad SMARTS) is 1. The van der Waals surface area contributed by atoms with Gasteiger partial charge >= 0.3 is 5.97 Å². The van der Waals surface area contributed by atoms with E-state index in [4.69, 9.17) is 0 Å². The maximum atomic E-state index is 14.0. The van der Waals surface area contributed by atoms with Gasteiger partial charge in [-0.2, -0.15) is 0 Å². The standard InChI is InChI=1S/C28H36N4O5/c1-4-5-16-28(27(36)37)22-21(24(33)31(26(22)35)18-12-8-6-9-13-18)23(29-28)20-17(2)30(3)32(25(20)34)19-14-10-7-11-15-19/h7,10-11,14-15,18,21-23,29H,4-6,8-9,12-13,16H2,1-3H3,(H,36,37). The van der Waals surface area contributed by atoms with Crippen LogP contribution in [0.1, 0.15) is 75.6 Å². The lowest BCUT2D eigenvalue weighted by Gasteiger charge is -2.34. The molecule has 4 unspecified atom stereocenters. The molecule has 1 saturated carbocycles. The van der Waals surface area contributed by atoms with Gasteiger partial charge in [-0.1, -0.05) is 57.2 Å². The van der Waals surface area contributed by atoms with Gasteiger partial charge in [-0.25, -0.2) is 4.68 Å². The first-order valence-electron chi connectivity index (χ1n) is 13.5. The van der Waals surface area contributed by atoms with Crippen LogP contribution in [-0.2, 0) is 21.4 Å². The van der Waals surface area contributed by atoms with Crippen molar-refractivity contribution in [2.75, 3.05) is 0 Å². The summed E-state index contributed by atoms with van der Waals surface area (Å²) in [6.07, 6.45) is 6.00. The van der Waals surface area contributed by atoms with Gasteiger partial charge in [0.2, 0.25) is 11.8 Å². The van der Waals surface area contributed by atoms with Crippen molar-refractivity contribution in [2.45, 2.75) is 82.8 Å². The third kappa shape index (κ3) is 3.77. The molecule has 3 fully saturated rings. The largest absolute Gasteiger partial charge is 0.480 e. The molecule has 2 amide bonds. The van der Waals surface area contributed by atoms with Gasteiger partial charge in [0.1, 0.15) is 5.54 Å². The molecular formula is C28H36N4O5. The average Bonchev–Trinajstić information content (AvgIpc) is 3.45. The predicted molar refractivity (Wildman–Crippen MR) is 137 cm³/mol. The molecule has 2 aliphatic heterocycles. The maximum absolute atomic E-state index is 14.0. The third-order valence-corrected chi connectivity index (χ3v) is 8.84. The lowest BCUT2D eigenvalue weighted by Crippen LogP contribution is -2.56. The van der Waals surface area contributed by atoms with E-state index in [0.29, 0.717) is 23.4 Å². The second-order valence-electron chi connectivity index (χ2n) is 10.8. The number of hydrogen-bond acceptors (Lipinski definition) is 5. The van der Waals surface area contributed by atoms with Crippen molar-refractivity contribution >= 4 is 17.8 Å². The molecule has 4 atom stereocenters. The number of benzene rings is 1. The van der Waals surface area contributed by atoms with Gasteiger partial charge in [-0.15, -0.1) is 0 Å². The molecule has 2 N–H and O–H groups in total. The molecule has 37 heavy (non-hydrogen) atoms. The molecule has 2 saturated heterocycles. The Balaban J connectivity index is 1.66. The van der Waals surface area contributed by atoms with E-state index in [-0.39, 0.29) is 23.9 Å². The number of para-hydroxylation sites is 1. The van der Waals surface area contributed by atoms with Gasteiger partial charge < -0.3 is 5.11 Å². The number of aromatic nitrogens is 2. The van der Waals surface area contributed by atoms with E-state index in [1.54, 1.807) is 18.7 Å². The monoisotopic (exact) mass is 508 g/mol. The molecule has 9 heteroatoms. The molecule has 0 spiro atoms. The number of nitrogens with zero attached hydrogens (tertiary/aromatic N) is 3. The number of imide groups is 1. The minimum absolute atomic E-state index is 0.199. The van der Waals surface area contributed by atoms with Crippen molar-refractivity contribution in [3.05, 3.63) is 51.9 Å². The van der Waals surface area contributed by atoms with Crippen LogP contribution >= 0.6 is 0 Å². The number of fused-ring (bicyclic) bond motifs is 1. The van der Waals surface area contributed by atoms with E-state index < -0.39 is 35.3 Å². The summed E-state index contributed by atoms with van der Waals surface area (Å²) in [7, 11) is 1.77. The molecular weight excluding hydrogens is 472 g/mol. The minimum Gasteiger partial charge on any atom is -0.480 e. The number of carbonyl (C=O) groups is 3. The molecule has 2 aromatic rings. The molecule has 3 heterocycles. The summed E-state index contributed by atoms with van der Waals surface area (Å²) in [4.78, 5) is 56.1. The fourth-order valence-electron chi connectivity index (χ4n) is 6.91. The first kappa shape index (κ1) is 25.4. The van der Waals surface area contributed by atoms with Crippen LogP contribution in [0, 0.1) is 18.8 Å². The van der Waals surface area contributed by atoms with Gasteiger partial charge in [-0.3, -0.25) is 34.1 Å². The SMILES string of the molecule is CCCCC1(C(=O)O)NC(c2c(C)n(C)n(-c3ccccc3)c2=O)C2C(=O)N(C3CCCCC3)C(=O)C21. The molecule has 0 bridgehead atoms. The summed E-state index contributed by atoms with van der Waals surface area (Å²) in [6, 6.07) is 8.14. The van der Waals surface area contributed by atoms with Gasteiger partial charge in [-0.05, 0) is 38.3 Å². The highest BCUT2D eigenvalue weighted by Crippen LogP contribution is 2.51. The molecule has 1 aliphatic carbocycles. The van der Waals surface area contributed by atoms with Crippen molar-refractivity contribution in [1.29, 1.82) is 0 Å². The van der Waals surface area contributed by atoms with Crippen LogP contribution < -0.4 is 10.9 Å².